The minimum atomic E-state index is -0.395. The monoisotopic (exact) mass is 432 g/mol. The maximum absolute atomic E-state index is 11.2. The minimum absolute atomic E-state index is 0.0417. The Morgan fingerprint density at radius 1 is 1.23 bits per heavy atom. The Balaban J connectivity index is 1.75. The standard InChI is InChI=1S/C22H20N6O2S/c1-3-24-22-27(21(14-31-22)18-5-4-6-20(13-18)28(29)30)25-16(2)17-7-9-19(10-8-17)26-12-11-23-15-26/h4-15H,3H2,1-2H3. The first kappa shape index (κ1) is 20.4. The number of imidazole rings is 1. The topological polar surface area (TPSA) is 90.6 Å². The van der Waals surface area contributed by atoms with E-state index in [0.29, 0.717) is 6.54 Å². The Kier molecular flexibility index (Phi) is 5.85. The van der Waals surface area contributed by atoms with E-state index in [1.807, 2.05) is 60.3 Å². The van der Waals surface area contributed by atoms with Crippen molar-refractivity contribution < 1.29 is 4.92 Å². The molecule has 0 aliphatic rings. The molecule has 0 saturated heterocycles. The van der Waals surface area contributed by atoms with Gasteiger partial charge in [0.15, 0.2) is 0 Å². The Labute approximate surface area is 182 Å². The highest BCUT2D eigenvalue weighted by atomic mass is 32.1. The van der Waals surface area contributed by atoms with Gasteiger partial charge in [0.05, 0.1) is 22.7 Å². The average molecular weight is 433 g/mol. The predicted molar refractivity (Wildman–Crippen MR) is 122 cm³/mol. The van der Waals surface area contributed by atoms with Crippen molar-refractivity contribution in [3.8, 4) is 16.9 Å². The van der Waals surface area contributed by atoms with Gasteiger partial charge in [-0.05, 0) is 31.5 Å². The van der Waals surface area contributed by atoms with Crippen LogP contribution in [0.3, 0.4) is 0 Å². The maximum Gasteiger partial charge on any atom is 0.270 e. The number of thiazole rings is 1. The zero-order valence-electron chi connectivity index (χ0n) is 17.0. The number of hydrogen-bond acceptors (Lipinski definition) is 6. The number of nitro benzene ring substituents is 1. The summed E-state index contributed by atoms with van der Waals surface area (Å²) in [4.78, 5) is 20.2. The molecule has 0 bridgehead atoms. The SMILES string of the molecule is CCN=c1scc(-c2cccc([N+](=O)[O-])c2)n1N=C(C)c1ccc(-n2ccnc2)cc1. The first-order valence-corrected chi connectivity index (χ1v) is 10.5. The highest BCUT2D eigenvalue weighted by Gasteiger charge is 2.13. The second kappa shape index (κ2) is 8.88. The lowest BCUT2D eigenvalue weighted by Crippen LogP contribution is -2.14. The zero-order valence-corrected chi connectivity index (χ0v) is 17.9. The van der Waals surface area contributed by atoms with Crippen molar-refractivity contribution in [2.45, 2.75) is 13.8 Å². The smallest absolute Gasteiger partial charge is 0.270 e. The molecule has 156 valence electrons. The Morgan fingerprint density at radius 2 is 2.03 bits per heavy atom. The van der Waals surface area contributed by atoms with Crippen LogP contribution >= 0.6 is 11.3 Å². The molecule has 0 radical (unpaired) electrons. The van der Waals surface area contributed by atoms with Crippen LogP contribution in [0, 0.1) is 10.1 Å². The molecule has 31 heavy (non-hydrogen) atoms. The van der Waals surface area contributed by atoms with E-state index in [2.05, 4.69) is 9.98 Å². The first-order valence-electron chi connectivity index (χ1n) is 9.67. The predicted octanol–water partition coefficient (Wildman–Crippen LogP) is 4.50. The van der Waals surface area contributed by atoms with Crippen LogP contribution in [0.25, 0.3) is 16.9 Å². The van der Waals surface area contributed by atoms with Gasteiger partial charge in [0.1, 0.15) is 0 Å². The molecule has 9 heteroatoms. The summed E-state index contributed by atoms with van der Waals surface area (Å²) in [7, 11) is 0. The summed E-state index contributed by atoms with van der Waals surface area (Å²) >= 11 is 1.46. The van der Waals surface area contributed by atoms with Crippen molar-refractivity contribution in [2.75, 3.05) is 6.54 Å². The highest BCUT2D eigenvalue weighted by molar-refractivity contribution is 7.07. The number of rotatable bonds is 6. The molecule has 0 saturated carbocycles. The minimum Gasteiger partial charge on any atom is -0.306 e. The van der Waals surface area contributed by atoms with E-state index in [1.165, 1.54) is 17.4 Å². The Morgan fingerprint density at radius 3 is 2.71 bits per heavy atom. The van der Waals surface area contributed by atoms with Gasteiger partial charge < -0.3 is 4.57 Å². The quantitative estimate of drug-likeness (QED) is 0.255. The second-order valence-electron chi connectivity index (χ2n) is 6.70. The van der Waals surface area contributed by atoms with Crippen LogP contribution in [-0.2, 0) is 0 Å². The molecule has 8 nitrogen and oxygen atoms in total. The summed E-state index contributed by atoms with van der Waals surface area (Å²) in [5.41, 5.74) is 4.30. The number of benzene rings is 2. The van der Waals surface area contributed by atoms with Gasteiger partial charge in [-0.2, -0.15) is 5.10 Å². The largest absolute Gasteiger partial charge is 0.306 e. The van der Waals surface area contributed by atoms with Crippen molar-refractivity contribution in [3.63, 3.8) is 0 Å². The first-order chi connectivity index (χ1) is 15.1. The van der Waals surface area contributed by atoms with Crippen molar-refractivity contribution in [3.05, 3.63) is 93.1 Å². The van der Waals surface area contributed by atoms with E-state index >= 15 is 0 Å². The van der Waals surface area contributed by atoms with Gasteiger partial charge in [-0.3, -0.25) is 15.1 Å². The Hall–Kier alpha value is -3.85. The highest BCUT2D eigenvalue weighted by Crippen LogP contribution is 2.24. The number of nitro groups is 1. The number of non-ortho nitro benzene ring substituents is 1. The normalized spacial score (nSPS) is 12.3. The van der Waals surface area contributed by atoms with Crippen LogP contribution < -0.4 is 4.80 Å². The van der Waals surface area contributed by atoms with E-state index in [9.17, 15) is 10.1 Å². The van der Waals surface area contributed by atoms with E-state index in [0.717, 1.165) is 33.0 Å². The van der Waals surface area contributed by atoms with Crippen LogP contribution in [0.2, 0.25) is 0 Å². The molecular formula is C22H20N6O2S. The van der Waals surface area contributed by atoms with Crippen LogP contribution in [-0.4, -0.2) is 31.4 Å². The number of aromatic nitrogens is 3. The fourth-order valence-corrected chi connectivity index (χ4v) is 4.01. The molecule has 0 aliphatic heterocycles. The van der Waals surface area contributed by atoms with Gasteiger partial charge >= 0.3 is 0 Å². The van der Waals surface area contributed by atoms with Crippen LogP contribution in [0.4, 0.5) is 5.69 Å². The lowest BCUT2D eigenvalue weighted by molar-refractivity contribution is -0.384. The summed E-state index contributed by atoms with van der Waals surface area (Å²) < 4.78 is 3.69. The molecule has 2 aromatic carbocycles. The molecule has 0 fully saturated rings. The van der Waals surface area contributed by atoms with Crippen LogP contribution in [0.5, 0.6) is 0 Å². The maximum atomic E-state index is 11.2. The molecule has 0 aliphatic carbocycles. The Bertz CT molecular complexity index is 1300. The molecule has 0 unspecified atom stereocenters. The summed E-state index contributed by atoms with van der Waals surface area (Å²) in [6.45, 7) is 4.51. The van der Waals surface area contributed by atoms with Gasteiger partial charge in [0, 0.05) is 47.7 Å². The molecular weight excluding hydrogens is 412 g/mol. The molecule has 0 atom stereocenters. The van der Waals surface area contributed by atoms with Crippen molar-refractivity contribution >= 4 is 22.7 Å². The van der Waals surface area contributed by atoms with Gasteiger partial charge in [-0.25, -0.2) is 9.66 Å². The van der Waals surface area contributed by atoms with Gasteiger partial charge in [-0.15, -0.1) is 11.3 Å². The van der Waals surface area contributed by atoms with E-state index in [-0.39, 0.29) is 5.69 Å². The summed E-state index contributed by atoms with van der Waals surface area (Å²) in [5, 5.41) is 17.9. The lowest BCUT2D eigenvalue weighted by atomic mass is 10.1. The van der Waals surface area contributed by atoms with E-state index in [4.69, 9.17) is 5.10 Å². The van der Waals surface area contributed by atoms with Crippen LogP contribution in [0.15, 0.2) is 82.7 Å². The summed E-state index contributed by atoms with van der Waals surface area (Å²) in [5.74, 6) is 0. The lowest BCUT2D eigenvalue weighted by Gasteiger charge is -2.08. The third-order valence-electron chi connectivity index (χ3n) is 4.67. The molecule has 4 aromatic rings. The fourth-order valence-electron chi connectivity index (χ4n) is 3.11. The second-order valence-corrected chi connectivity index (χ2v) is 7.54. The average Bonchev–Trinajstić information content (AvgIpc) is 3.45. The third-order valence-corrected chi connectivity index (χ3v) is 5.52. The van der Waals surface area contributed by atoms with Crippen molar-refractivity contribution in [1.29, 1.82) is 0 Å². The summed E-state index contributed by atoms with van der Waals surface area (Å²) in [6.07, 6.45) is 5.38. The van der Waals surface area contributed by atoms with Gasteiger partial charge in [-0.1, -0.05) is 24.3 Å². The van der Waals surface area contributed by atoms with Gasteiger partial charge in [0.2, 0.25) is 4.80 Å². The van der Waals surface area contributed by atoms with Crippen LogP contribution in [0.1, 0.15) is 19.4 Å². The molecule has 2 heterocycles. The molecule has 4 rings (SSSR count). The van der Waals surface area contributed by atoms with E-state index in [1.54, 1.807) is 29.3 Å². The summed E-state index contributed by atoms with van der Waals surface area (Å²) in [6, 6.07) is 14.6. The van der Waals surface area contributed by atoms with E-state index < -0.39 is 4.92 Å². The number of nitrogens with zero attached hydrogens (tertiary/aromatic N) is 6. The third kappa shape index (κ3) is 4.36. The molecule has 0 amide bonds. The number of hydrogen-bond donors (Lipinski definition) is 0. The fraction of sp³-hybridized carbons (Fsp3) is 0.136. The van der Waals surface area contributed by atoms with Crippen molar-refractivity contribution in [1.82, 2.24) is 14.2 Å². The molecule has 0 spiro atoms. The zero-order chi connectivity index (χ0) is 21.8. The molecule has 2 aromatic heterocycles. The van der Waals surface area contributed by atoms with Gasteiger partial charge in [0.25, 0.3) is 5.69 Å². The van der Waals surface area contributed by atoms with Crippen molar-refractivity contribution in [2.24, 2.45) is 10.1 Å². The molecule has 0 N–H and O–H groups in total.